The van der Waals surface area contributed by atoms with Crippen LogP contribution in [-0.2, 0) is 6.18 Å². The molecule has 23 heavy (non-hydrogen) atoms. The fraction of sp³-hybridized carbons (Fsp3) is 0.0769. The number of nitrogens with zero attached hydrogens (tertiary/aromatic N) is 2. The standard InChI is InChI=1S/C13H8F3N3O4/c14-13(15,16)8-2-1-5-17-11(8)12(21)18-7-3-4-10(20)9(6-7)19(22)23/h1-6,20H,(H,18,21). The summed E-state index contributed by atoms with van der Waals surface area (Å²) in [6.07, 6.45) is -3.76. The number of phenols is 1. The molecule has 0 fully saturated rings. The molecule has 7 nitrogen and oxygen atoms in total. The fourth-order valence-corrected chi connectivity index (χ4v) is 1.75. The smallest absolute Gasteiger partial charge is 0.418 e. The molecule has 2 N–H and O–H groups in total. The molecule has 0 atom stereocenters. The molecule has 1 amide bonds. The minimum Gasteiger partial charge on any atom is -0.502 e. The van der Waals surface area contributed by atoms with Gasteiger partial charge in [0.25, 0.3) is 5.91 Å². The van der Waals surface area contributed by atoms with Gasteiger partial charge in [0.05, 0.1) is 10.5 Å². The Morgan fingerprint density at radius 2 is 2.00 bits per heavy atom. The van der Waals surface area contributed by atoms with Gasteiger partial charge in [-0.1, -0.05) is 0 Å². The zero-order chi connectivity index (χ0) is 17.2. The molecule has 10 heteroatoms. The maximum absolute atomic E-state index is 12.8. The van der Waals surface area contributed by atoms with Crippen LogP contribution in [0.5, 0.6) is 5.75 Å². The summed E-state index contributed by atoms with van der Waals surface area (Å²) in [5.74, 6) is -1.82. The van der Waals surface area contributed by atoms with Crippen molar-refractivity contribution in [2.45, 2.75) is 6.18 Å². The van der Waals surface area contributed by atoms with E-state index in [0.717, 1.165) is 30.5 Å². The number of phenolic OH excluding ortho intramolecular Hbond substituents is 1. The van der Waals surface area contributed by atoms with Crippen LogP contribution in [0.25, 0.3) is 0 Å². The van der Waals surface area contributed by atoms with E-state index in [4.69, 9.17) is 0 Å². The van der Waals surface area contributed by atoms with Crippen LogP contribution in [0.1, 0.15) is 16.1 Å². The van der Waals surface area contributed by atoms with Gasteiger partial charge in [-0.2, -0.15) is 13.2 Å². The fourth-order valence-electron chi connectivity index (χ4n) is 1.75. The molecule has 0 bridgehead atoms. The molecule has 0 aliphatic rings. The van der Waals surface area contributed by atoms with E-state index < -0.39 is 39.7 Å². The van der Waals surface area contributed by atoms with Gasteiger partial charge < -0.3 is 10.4 Å². The highest BCUT2D eigenvalue weighted by Gasteiger charge is 2.36. The lowest BCUT2D eigenvalue weighted by Gasteiger charge is -2.11. The van der Waals surface area contributed by atoms with Gasteiger partial charge in [0, 0.05) is 18.0 Å². The van der Waals surface area contributed by atoms with Gasteiger partial charge in [-0.25, -0.2) is 0 Å². The van der Waals surface area contributed by atoms with Gasteiger partial charge in [-0.3, -0.25) is 19.9 Å². The number of aromatic hydroxyl groups is 1. The number of pyridine rings is 1. The Labute approximate surface area is 126 Å². The number of hydrogen-bond donors (Lipinski definition) is 2. The molecule has 0 spiro atoms. The molecule has 2 rings (SSSR count). The number of anilines is 1. The summed E-state index contributed by atoms with van der Waals surface area (Å²) < 4.78 is 38.5. The van der Waals surface area contributed by atoms with E-state index in [-0.39, 0.29) is 5.69 Å². The van der Waals surface area contributed by atoms with Crippen molar-refractivity contribution < 1.29 is 28.0 Å². The first-order valence-corrected chi connectivity index (χ1v) is 6.01. The highest BCUT2D eigenvalue weighted by Crippen LogP contribution is 2.32. The Morgan fingerprint density at radius 3 is 2.61 bits per heavy atom. The van der Waals surface area contributed by atoms with Crippen LogP contribution in [0.4, 0.5) is 24.5 Å². The van der Waals surface area contributed by atoms with Crippen LogP contribution in [0.2, 0.25) is 0 Å². The normalized spacial score (nSPS) is 11.1. The van der Waals surface area contributed by atoms with Gasteiger partial charge in [0.2, 0.25) is 0 Å². The summed E-state index contributed by atoms with van der Waals surface area (Å²) in [7, 11) is 0. The second-order valence-corrected chi connectivity index (χ2v) is 4.31. The lowest BCUT2D eigenvalue weighted by Crippen LogP contribution is -2.20. The van der Waals surface area contributed by atoms with Crippen molar-refractivity contribution in [2.24, 2.45) is 0 Å². The van der Waals surface area contributed by atoms with Gasteiger partial charge in [-0.05, 0) is 24.3 Å². The molecular weight excluding hydrogens is 319 g/mol. The number of nitro groups is 1. The van der Waals surface area contributed by atoms with Crippen molar-refractivity contribution in [3.05, 3.63) is 57.9 Å². The number of amides is 1. The quantitative estimate of drug-likeness (QED) is 0.512. The number of rotatable bonds is 3. The Balaban J connectivity index is 2.34. The number of halogens is 3. The third-order valence-electron chi connectivity index (χ3n) is 2.76. The SMILES string of the molecule is O=C(Nc1ccc(O)c([N+](=O)[O-])c1)c1ncccc1C(F)(F)F. The molecule has 0 radical (unpaired) electrons. The molecule has 0 saturated heterocycles. The van der Waals surface area contributed by atoms with Crippen LogP contribution in [0, 0.1) is 10.1 Å². The Hall–Kier alpha value is -3.17. The first-order chi connectivity index (χ1) is 10.7. The number of alkyl halides is 3. The lowest BCUT2D eigenvalue weighted by molar-refractivity contribution is -0.385. The second-order valence-electron chi connectivity index (χ2n) is 4.31. The molecule has 2 aromatic rings. The largest absolute Gasteiger partial charge is 0.502 e. The van der Waals surface area contributed by atoms with Gasteiger partial charge in [-0.15, -0.1) is 0 Å². The summed E-state index contributed by atoms with van der Waals surface area (Å²) >= 11 is 0. The van der Waals surface area contributed by atoms with E-state index in [9.17, 15) is 33.2 Å². The second kappa shape index (κ2) is 5.91. The molecule has 1 aromatic carbocycles. The summed E-state index contributed by atoms with van der Waals surface area (Å²) in [4.78, 5) is 25.1. The van der Waals surface area contributed by atoms with E-state index in [1.54, 1.807) is 0 Å². The lowest BCUT2D eigenvalue weighted by atomic mass is 10.1. The van der Waals surface area contributed by atoms with E-state index in [1.165, 1.54) is 0 Å². The Bertz CT molecular complexity index is 777. The summed E-state index contributed by atoms with van der Waals surface area (Å²) in [6, 6.07) is 4.60. The van der Waals surface area contributed by atoms with Crippen molar-refractivity contribution in [1.29, 1.82) is 0 Å². The number of nitro benzene ring substituents is 1. The molecule has 0 aliphatic heterocycles. The predicted molar refractivity (Wildman–Crippen MR) is 72.0 cm³/mol. The number of carbonyl (C=O) groups excluding carboxylic acids is 1. The minimum absolute atomic E-state index is 0.154. The highest BCUT2D eigenvalue weighted by atomic mass is 19.4. The monoisotopic (exact) mass is 327 g/mol. The van der Waals surface area contributed by atoms with Crippen LogP contribution >= 0.6 is 0 Å². The van der Waals surface area contributed by atoms with Crippen molar-refractivity contribution in [3.63, 3.8) is 0 Å². The molecule has 0 unspecified atom stereocenters. The summed E-state index contributed by atoms with van der Waals surface area (Å²) in [6.45, 7) is 0. The Kier molecular flexibility index (Phi) is 4.16. The van der Waals surface area contributed by atoms with Crippen molar-refractivity contribution in [1.82, 2.24) is 4.98 Å². The zero-order valence-electron chi connectivity index (χ0n) is 11.2. The van der Waals surface area contributed by atoms with Crippen molar-refractivity contribution in [2.75, 3.05) is 5.32 Å². The third kappa shape index (κ3) is 3.54. The molecule has 1 aromatic heterocycles. The molecule has 1 heterocycles. The molecule has 0 aliphatic carbocycles. The molecule has 0 saturated carbocycles. The van der Waals surface area contributed by atoms with Crippen molar-refractivity contribution >= 4 is 17.3 Å². The Morgan fingerprint density at radius 1 is 1.30 bits per heavy atom. The van der Waals surface area contributed by atoms with E-state index in [0.29, 0.717) is 6.07 Å². The van der Waals surface area contributed by atoms with Crippen LogP contribution in [0.15, 0.2) is 36.5 Å². The summed E-state index contributed by atoms with van der Waals surface area (Å²) in [5.41, 5.74) is -2.94. The van der Waals surface area contributed by atoms with Gasteiger partial charge in [0.15, 0.2) is 5.75 Å². The highest BCUT2D eigenvalue weighted by molar-refractivity contribution is 6.04. The summed E-state index contributed by atoms with van der Waals surface area (Å²) in [5, 5.41) is 22.1. The van der Waals surface area contributed by atoms with E-state index in [2.05, 4.69) is 10.3 Å². The van der Waals surface area contributed by atoms with E-state index >= 15 is 0 Å². The van der Waals surface area contributed by atoms with E-state index in [1.807, 2.05) is 0 Å². The number of hydrogen-bond acceptors (Lipinski definition) is 5. The maximum Gasteiger partial charge on any atom is 0.418 e. The average molecular weight is 327 g/mol. The average Bonchev–Trinajstić information content (AvgIpc) is 2.48. The zero-order valence-corrected chi connectivity index (χ0v) is 11.2. The van der Waals surface area contributed by atoms with Crippen LogP contribution < -0.4 is 5.32 Å². The minimum atomic E-state index is -4.78. The topological polar surface area (TPSA) is 105 Å². The maximum atomic E-state index is 12.8. The third-order valence-corrected chi connectivity index (χ3v) is 2.76. The van der Waals surface area contributed by atoms with Crippen molar-refractivity contribution in [3.8, 4) is 5.75 Å². The number of benzene rings is 1. The number of aromatic nitrogens is 1. The first-order valence-electron chi connectivity index (χ1n) is 6.01. The molecule has 120 valence electrons. The van der Waals surface area contributed by atoms with Gasteiger partial charge in [0.1, 0.15) is 5.69 Å². The van der Waals surface area contributed by atoms with Crippen LogP contribution in [0.3, 0.4) is 0 Å². The first kappa shape index (κ1) is 16.2. The molecular formula is C13H8F3N3O4. The van der Waals surface area contributed by atoms with Crippen LogP contribution in [-0.4, -0.2) is 20.9 Å². The predicted octanol–water partition coefficient (Wildman–Crippen LogP) is 2.97. The number of nitrogens with one attached hydrogen (secondary N) is 1. The van der Waals surface area contributed by atoms with Gasteiger partial charge >= 0.3 is 11.9 Å². The number of carbonyl (C=O) groups is 1.